The van der Waals surface area contributed by atoms with Crippen molar-refractivity contribution in [2.45, 2.75) is 127 Å². The Bertz CT molecular complexity index is 799. The van der Waals surface area contributed by atoms with Crippen molar-refractivity contribution in [2.24, 2.45) is 16.2 Å². The molecular weight excluding hydrogens is 538 g/mol. The highest BCUT2D eigenvalue weighted by Crippen LogP contribution is 2.18. The van der Waals surface area contributed by atoms with Crippen LogP contribution in [0.1, 0.15) is 117 Å². The molecule has 0 aromatic carbocycles. The molecule has 0 radical (unpaired) electrons. The first-order valence-corrected chi connectivity index (χ1v) is 15.7. The van der Waals surface area contributed by atoms with Gasteiger partial charge in [0, 0.05) is 58.3 Å². The first-order valence-electron chi connectivity index (χ1n) is 14.3. The summed E-state index contributed by atoms with van der Waals surface area (Å²) in [7, 11) is 9.45. The van der Waals surface area contributed by atoms with Gasteiger partial charge in [0.05, 0.1) is 4.75 Å². The minimum Gasteiger partial charge on any atom is -0.385 e. The van der Waals surface area contributed by atoms with Crippen molar-refractivity contribution >= 4 is 21.7 Å². The number of hydrogen-bond donors (Lipinski definition) is 0. The van der Waals surface area contributed by atoms with Gasteiger partial charge in [0.15, 0.2) is 0 Å². The van der Waals surface area contributed by atoms with E-state index in [9.17, 15) is 18.0 Å². The second-order valence-corrected chi connectivity index (χ2v) is 18.9. The molecule has 9 heteroatoms. The smallest absolute Gasteiger partial charge is 0.227 e. The Morgan fingerprint density at radius 2 is 0.951 bits per heavy atom. The van der Waals surface area contributed by atoms with E-state index in [1.807, 2.05) is 41.5 Å². The summed E-state index contributed by atoms with van der Waals surface area (Å²) >= 11 is 0. The van der Waals surface area contributed by atoms with Crippen molar-refractivity contribution in [2.75, 3.05) is 56.0 Å². The van der Waals surface area contributed by atoms with Crippen LogP contribution in [-0.4, -0.2) is 101 Å². The molecule has 0 fully saturated rings. The molecule has 0 aliphatic heterocycles. The molecule has 0 N–H and O–H groups in total. The number of carbonyl (C=O) groups excluding carboxylic acids is 2. The normalized spacial score (nSPS) is 12.4. The minimum absolute atomic E-state index is 0.139. The molecule has 0 saturated carbocycles. The molecule has 0 aromatic heterocycles. The zero-order valence-corrected chi connectivity index (χ0v) is 32.5. The molecular formula is C32H73N3O5S. The Hall–Kier alpha value is -1.03. The second-order valence-electron chi connectivity index (χ2n) is 16.0. The standard InChI is InChI=1S/C7H15NO.C7H16O.C6H15NO2S.C6H15N.C6H12O/c1-7(2,3)6(9)8(4)5;1-7(2,3)5-6-8-4;1-6(2,3)10(8,9)7(4)5;1-6(2,3)7(4)5;1-5(7)6(2,3)4/h1-5H3;5-6H2,1-4H3;1-5H3;1-5H3;1-4H3. The predicted molar refractivity (Wildman–Crippen MR) is 180 cm³/mol. The number of rotatable bonds is 3. The number of ketones is 1. The van der Waals surface area contributed by atoms with Gasteiger partial charge in [-0.2, -0.15) is 0 Å². The van der Waals surface area contributed by atoms with Gasteiger partial charge in [-0.1, -0.05) is 62.3 Å². The van der Waals surface area contributed by atoms with Crippen molar-refractivity contribution < 1.29 is 22.7 Å². The summed E-state index contributed by atoms with van der Waals surface area (Å²) in [6.07, 6.45) is 1.14. The predicted octanol–water partition coefficient (Wildman–Crippen LogP) is 6.83. The number of Topliss-reactive ketones (excluding diaryl/α,β-unsaturated/α-hetero) is 1. The van der Waals surface area contributed by atoms with Crippen LogP contribution in [-0.2, 0) is 24.3 Å². The first-order chi connectivity index (χ1) is 17.5. The number of nitrogens with zero attached hydrogens (tertiary/aromatic N) is 3. The topological polar surface area (TPSA) is 87.2 Å². The highest BCUT2D eigenvalue weighted by Gasteiger charge is 2.30. The van der Waals surface area contributed by atoms with E-state index in [1.165, 1.54) is 4.31 Å². The van der Waals surface area contributed by atoms with E-state index < -0.39 is 14.8 Å². The summed E-state index contributed by atoms with van der Waals surface area (Å²) in [5.41, 5.74) is 0.388. The highest BCUT2D eigenvalue weighted by atomic mass is 32.2. The Morgan fingerprint density at radius 1 is 0.659 bits per heavy atom. The van der Waals surface area contributed by atoms with Crippen molar-refractivity contribution in [1.29, 1.82) is 0 Å². The molecule has 1 amide bonds. The maximum absolute atomic E-state index is 11.3. The van der Waals surface area contributed by atoms with E-state index in [0.717, 1.165) is 13.0 Å². The molecule has 0 aliphatic carbocycles. The summed E-state index contributed by atoms with van der Waals surface area (Å²) in [6.45, 7) is 32.2. The fraction of sp³-hybridized carbons (Fsp3) is 0.938. The monoisotopic (exact) mass is 612 g/mol. The SMILES string of the molecule is CC(=O)C(C)(C)C.CN(C)C(=O)C(C)(C)C.CN(C)C(C)(C)C.CN(C)S(=O)(=O)C(C)(C)C.COCCC(C)(C)C. The first kappa shape index (κ1) is 49.6. The highest BCUT2D eigenvalue weighted by molar-refractivity contribution is 7.90. The third-order valence-electron chi connectivity index (χ3n) is 5.76. The van der Waals surface area contributed by atoms with Gasteiger partial charge in [-0.25, -0.2) is 12.7 Å². The molecule has 0 spiro atoms. The van der Waals surface area contributed by atoms with E-state index in [-0.39, 0.29) is 22.5 Å². The Labute approximate surface area is 258 Å². The number of hydrogen-bond acceptors (Lipinski definition) is 6. The summed E-state index contributed by atoms with van der Waals surface area (Å²) < 4.78 is 28.0. The van der Waals surface area contributed by atoms with Crippen LogP contribution < -0.4 is 0 Å². The fourth-order valence-electron chi connectivity index (χ4n) is 1.63. The zero-order valence-electron chi connectivity index (χ0n) is 31.7. The van der Waals surface area contributed by atoms with Crippen LogP contribution in [0.5, 0.6) is 0 Å². The maximum atomic E-state index is 11.3. The van der Waals surface area contributed by atoms with E-state index in [2.05, 4.69) is 60.5 Å². The molecule has 0 heterocycles. The Morgan fingerprint density at radius 3 is 0.976 bits per heavy atom. The average molecular weight is 612 g/mol. The number of amides is 1. The van der Waals surface area contributed by atoms with E-state index in [4.69, 9.17) is 4.74 Å². The third-order valence-corrected chi connectivity index (χ3v) is 8.27. The van der Waals surface area contributed by atoms with Crippen LogP contribution in [0.25, 0.3) is 0 Å². The molecule has 0 aromatic rings. The van der Waals surface area contributed by atoms with Crippen molar-refractivity contribution in [3.05, 3.63) is 0 Å². The van der Waals surface area contributed by atoms with Crippen molar-refractivity contribution in [3.8, 4) is 0 Å². The fourth-order valence-corrected chi connectivity index (χ4v) is 2.72. The van der Waals surface area contributed by atoms with E-state index >= 15 is 0 Å². The lowest BCUT2D eigenvalue weighted by atomic mass is 9.92. The van der Waals surface area contributed by atoms with Gasteiger partial charge in [-0.15, -0.1) is 0 Å². The van der Waals surface area contributed by atoms with Gasteiger partial charge in [0.25, 0.3) is 0 Å². The molecule has 252 valence electrons. The van der Waals surface area contributed by atoms with Gasteiger partial charge >= 0.3 is 0 Å². The van der Waals surface area contributed by atoms with Crippen molar-refractivity contribution in [1.82, 2.24) is 14.1 Å². The molecule has 0 saturated heterocycles. The lowest BCUT2D eigenvalue weighted by Gasteiger charge is -2.27. The average Bonchev–Trinajstić information content (AvgIpc) is 2.69. The van der Waals surface area contributed by atoms with Crippen LogP contribution >= 0.6 is 0 Å². The molecule has 8 nitrogen and oxygen atoms in total. The molecule has 0 atom stereocenters. The van der Waals surface area contributed by atoms with Crippen LogP contribution in [0, 0.1) is 16.2 Å². The van der Waals surface area contributed by atoms with Crippen LogP contribution in [0.15, 0.2) is 0 Å². The number of carbonyl (C=O) groups is 2. The number of methoxy groups -OCH3 is 1. The Kier molecular flexibility index (Phi) is 24.2. The zero-order chi connectivity index (χ0) is 35.0. The minimum atomic E-state index is -3.08. The van der Waals surface area contributed by atoms with Gasteiger partial charge < -0.3 is 14.5 Å². The maximum Gasteiger partial charge on any atom is 0.227 e. The van der Waals surface area contributed by atoms with Crippen LogP contribution in [0.2, 0.25) is 0 Å². The van der Waals surface area contributed by atoms with Crippen LogP contribution in [0.3, 0.4) is 0 Å². The molecule has 0 unspecified atom stereocenters. The number of sulfonamides is 1. The van der Waals surface area contributed by atoms with Gasteiger partial charge in [0.2, 0.25) is 15.9 Å². The second kappa shape index (κ2) is 20.0. The summed E-state index contributed by atoms with van der Waals surface area (Å²) in [4.78, 5) is 25.4. The lowest BCUT2D eigenvalue weighted by Crippen LogP contribution is -2.38. The van der Waals surface area contributed by atoms with E-state index in [1.54, 1.807) is 67.9 Å². The van der Waals surface area contributed by atoms with Gasteiger partial charge in [0.1, 0.15) is 5.78 Å². The molecule has 0 bridgehead atoms. The number of ether oxygens (including phenoxy) is 1. The van der Waals surface area contributed by atoms with Gasteiger partial charge in [-0.05, 0) is 74.4 Å². The lowest BCUT2D eigenvalue weighted by molar-refractivity contribution is -0.136. The summed E-state index contributed by atoms with van der Waals surface area (Å²) in [5, 5.41) is 0. The molecule has 41 heavy (non-hydrogen) atoms. The molecule has 0 rings (SSSR count). The van der Waals surface area contributed by atoms with Crippen molar-refractivity contribution in [3.63, 3.8) is 0 Å². The quantitative estimate of drug-likeness (QED) is 0.348. The summed E-state index contributed by atoms with van der Waals surface area (Å²) in [5.74, 6) is 0.412. The van der Waals surface area contributed by atoms with Gasteiger partial charge in [-0.3, -0.25) is 9.59 Å². The molecule has 0 aliphatic rings. The largest absolute Gasteiger partial charge is 0.385 e. The van der Waals surface area contributed by atoms with E-state index in [0.29, 0.717) is 11.0 Å². The summed E-state index contributed by atoms with van der Waals surface area (Å²) in [6, 6.07) is 0. The third kappa shape index (κ3) is 31.7. The Balaban J connectivity index is -0.000000133. The van der Waals surface area contributed by atoms with Crippen LogP contribution in [0.4, 0.5) is 0 Å².